The number of halogens is 1. The Morgan fingerprint density at radius 2 is 1.88 bits per heavy atom. The molecule has 41 heavy (non-hydrogen) atoms. The van der Waals surface area contributed by atoms with Crippen LogP contribution in [0.4, 0.5) is 15.9 Å². The molecule has 12 heteroatoms. The first-order chi connectivity index (χ1) is 19.9. The fraction of sp³-hybridized carbons (Fsp3) is 0.448. The standard InChI is InChI=1S/C29H32FN5O5S/c30-22-6-7-23-27(14-22)41-32-29(23)34-11-9-33(10-12-34)17-21-4-2-1-3-20(21)16-31-28(36)8-5-19-13-25-26(40-18-39-25)15-24(19)35(37)38/h5-8,13-15,20-21H,1-4,9-12,16-18H2,(H,31,36)/b8-5+/t20-,21-/m0/s1. The Kier molecular flexibility index (Phi) is 8.02. The summed E-state index contributed by atoms with van der Waals surface area (Å²) in [4.78, 5) is 28.5. The smallest absolute Gasteiger partial charge is 0.280 e. The normalized spacial score (nSPS) is 21.0. The fourth-order valence-electron chi connectivity index (χ4n) is 6.09. The molecule has 0 unspecified atom stereocenters. The minimum Gasteiger partial charge on any atom is -0.454 e. The number of rotatable bonds is 8. The average molecular weight is 582 g/mol. The minimum atomic E-state index is -0.494. The van der Waals surface area contributed by atoms with Gasteiger partial charge >= 0.3 is 0 Å². The van der Waals surface area contributed by atoms with E-state index in [1.807, 2.05) is 6.07 Å². The summed E-state index contributed by atoms with van der Waals surface area (Å²) < 4.78 is 29.6. The van der Waals surface area contributed by atoms with Crippen molar-refractivity contribution in [1.29, 1.82) is 0 Å². The number of carbonyl (C=O) groups excluding carboxylic acids is 1. The molecule has 3 aliphatic rings. The summed E-state index contributed by atoms with van der Waals surface area (Å²) in [5, 5.41) is 15.5. The molecule has 1 saturated carbocycles. The van der Waals surface area contributed by atoms with E-state index < -0.39 is 4.92 Å². The fourth-order valence-corrected chi connectivity index (χ4v) is 6.91. The van der Waals surface area contributed by atoms with Gasteiger partial charge in [-0.05, 0) is 66.6 Å². The van der Waals surface area contributed by atoms with Gasteiger partial charge < -0.3 is 19.7 Å². The summed E-state index contributed by atoms with van der Waals surface area (Å²) >= 11 is 1.34. The molecule has 1 aromatic heterocycles. The van der Waals surface area contributed by atoms with E-state index in [0.29, 0.717) is 35.4 Å². The summed E-state index contributed by atoms with van der Waals surface area (Å²) in [7, 11) is 0. The number of benzene rings is 2. The Hall–Kier alpha value is -3.77. The maximum absolute atomic E-state index is 13.6. The van der Waals surface area contributed by atoms with Crippen LogP contribution < -0.4 is 19.7 Å². The van der Waals surface area contributed by atoms with Crippen molar-refractivity contribution in [3.63, 3.8) is 0 Å². The van der Waals surface area contributed by atoms with Crippen LogP contribution in [-0.2, 0) is 4.79 Å². The average Bonchev–Trinajstić information content (AvgIpc) is 3.61. The molecule has 1 N–H and O–H groups in total. The van der Waals surface area contributed by atoms with Crippen molar-refractivity contribution in [2.24, 2.45) is 11.8 Å². The monoisotopic (exact) mass is 581 g/mol. The number of amides is 1. The molecule has 2 atom stereocenters. The first kappa shape index (κ1) is 27.4. The minimum absolute atomic E-state index is 0.0175. The molecule has 3 heterocycles. The van der Waals surface area contributed by atoms with Gasteiger partial charge in [-0.25, -0.2) is 4.39 Å². The van der Waals surface area contributed by atoms with Gasteiger partial charge in [-0.3, -0.25) is 19.8 Å². The van der Waals surface area contributed by atoms with E-state index in [9.17, 15) is 19.3 Å². The number of carbonyl (C=O) groups is 1. The number of nitrogens with zero attached hydrogens (tertiary/aromatic N) is 4. The first-order valence-corrected chi connectivity index (χ1v) is 14.8. The SMILES string of the molecule is O=C(/C=C/c1cc2c(cc1[N+](=O)[O-])OCO2)NC[C@@H]1CCCC[C@H]1CN1CCN(c2nsc3cc(F)ccc23)CC1. The Morgan fingerprint density at radius 3 is 2.66 bits per heavy atom. The summed E-state index contributed by atoms with van der Waals surface area (Å²) in [6.45, 7) is 5.22. The van der Waals surface area contributed by atoms with Crippen molar-refractivity contribution in [2.45, 2.75) is 25.7 Å². The Balaban J connectivity index is 1.02. The predicted octanol–water partition coefficient (Wildman–Crippen LogP) is 4.83. The molecule has 216 valence electrons. The number of hydrogen-bond acceptors (Lipinski definition) is 9. The van der Waals surface area contributed by atoms with Crippen molar-refractivity contribution < 1.29 is 23.6 Å². The van der Waals surface area contributed by atoms with E-state index in [-0.39, 0.29) is 24.2 Å². The van der Waals surface area contributed by atoms with Crippen molar-refractivity contribution >= 4 is 45.1 Å². The van der Waals surface area contributed by atoms with Crippen molar-refractivity contribution in [1.82, 2.24) is 14.6 Å². The Labute approximate surface area is 241 Å². The second-order valence-corrected chi connectivity index (χ2v) is 11.6. The molecule has 10 nitrogen and oxygen atoms in total. The largest absolute Gasteiger partial charge is 0.454 e. The van der Waals surface area contributed by atoms with Gasteiger partial charge in [0.1, 0.15) is 11.6 Å². The highest BCUT2D eigenvalue weighted by atomic mass is 32.1. The van der Waals surface area contributed by atoms with Crippen LogP contribution in [-0.4, -0.2) is 66.2 Å². The summed E-state index contributed by atoms with van der Waals surface area (Å²) in [6.07, 6.45) is 7.37. The van der Waals surface area contributed by atoms with Crippen LogP contribution >= 0.6 is 11.5 Å². The van der Waals surface area contributed by atoms with Gasteiger partial charge in [0, 0.05) is 50.7 Å². The first-order valence-electron chi connectivity index (χ1n) is 14.0. The van der Waals surface area contributed by atoms with E-state index in [4.69, 9.17) is 9.47 Å². The number of nitro benzene ring substituents is 1. The zero-order valence-corrected chi connectivity index (χ0v) is 23.4. The lowest BCUT2D eigenvalue weighted by atomic mass is 9.78. The summed E-state index contributed by atoms with van der Waals surface area (Å²) in [6, 6.07) is 7.72. The van der Waals surface area contributed by atoms with Crippen molar-refractivity contribution in [2.75, 3.05) is 51.0 Å². The van der Waals surface area contributed by atoms with Gasteiger partial charge in [0.2, 0.25) is 12.7 Å². The zero-order valence-electron chi connectivity index (χ0n) is 22.6. The highest BCUT2D eigenvalue weighted by Gasteiger charge is 2.29. The van der Waals surface area contributed by atoms with Crippen LogP contribution in [0.25, 0.3) is 16.2 Å². The maximum Gasteiger partial charge on any atom is 0.280 e. The van der Waals surface area contributed by atoms with Crippen LogP contribution in [0.1, 0.15) is 31.2 Å². The number of fused-ring (bicyclic) bond motifs is 2. The molecular weight excluding hydrogens is 549 g/mol. The zero-order chi connectivity index (χ0) is 28.3. The second kappa shape index (κ2) is 12.0. The van der Waals surface area contributed by atoms with Gasteiger partial charge in [-0.15, -0.1) is 0 Å². The van der Waals surface area contributed by atoms with Crippen LogP contribution in [0, 0.1) is 27.8 Å². The lowest BCUT2D eigenvalue weighted by molar-refractivity contribution is -0.385. The highest BCUT2D eigenvalue weighted by Crippen LogP contribution is 2.38. The van der Waals surface area contributed by atoms with Crippen molar-refractivity contribution in [3.8, 4) is 11.5 Å². The van der Waals surface area contributed by atoms with Crippen LogP contribution in [0.2, 0.25) is 0 Å². The highest BCUT2D eigenvalue weighted by molar-refractivity contribution is 7.13. The molecule has 1 saturated heterocycles. The van der Waals surface area contributed by atoms with Gasteiger partial charge in [-0.2, -0.15) is 4.37 Å². The molecule has 1 aliphatic carbocycles. The van der Waals surface area contributed by atoms with Crippen LogP contribution in [0.3, 0.4) is 0 Å². The quantitative estimate of drug-likeness (QED) is 0.229. The van der Waals surface area contributed by atoms with E-state index in [0.717, 1.165) is 67.9 Å². The van der Waals surface area contributed by atoms with Gasteiger partial charge in [-0.1, -0.05) is 12.8 Å². The van der Waals surface area contributed by atoms with Crippen LogP contribution in [0.15, 0.2) is 36.4 Å². The number of piperazine rings is 1. The molecule has 2 aliphatic heterocycles. The molecule has 1 amide bonds. The van der Waals surface area contributed by atoms with E-state index in [2.05, 4.69) is 19.5 Å². The lowest BCUT2D eigenvalue weighted by Gasteiger charge is -2.40. The Morgan fingerprint density at radius 1 is 1.12 bits per heavy atom. The molecule has 0 bridgehead atoms. The van der Waals surface area contributed by atoms with E-state index >= 15 is 0 Å². The molecule has 0 spiro atoms. The van der Waals surface area contributed by atoms with E-state index in [1.54, 1.807) is 6.07 Å². The molecule has 6 rings (SSSR count). The van der Waals surface area contributed by atoms with E-state index in [1.165, 1.54) is 48.3 Å². The number of nitrogens with one attached hydrogen (secondary N) is 1. The van der Waals surface area contributed by atoms with Crippen molar-refractivity contribution in [3.05, 3.63) is 57.9 Å². The molecule has 2 fully saturated rings. The lowest BCUT2D eigenvalue weighted by Crippen LogP contribution is -2.49. The Bertz CT molecular complexity index is 1470. The third-order valence-electron chi connectivity index (χ3n) is 8.32. The third kappa shape index (κ3) is 6.13. The van der Waals surface area contributed by atoms with Gasteiger partial charge in [0.25, 0.3) is 5.69 Å². The summed E-state index contributed by atoms with van der Waals surface area (Å²) in [5.74, 6) is 2.08. The molecule has 2 aromatic carbocycles. The number of anilines is 1. The predicted molar refractivity (Wildman–Crippen MR) is 155 cm³/mol. The molecule has 0 radical (unpaired) electrons. The number of nitro groups is 1. The third-order valence-corrected chi connectivity index (χ3v) is 9.12. The topological polar surface area (TPSA) is 110 Å². The summed E-state index contributed by atoms with van der Waals surface area (Å²) in [5.41, 5.74) is 0.157. The molecule has 3 aromatic rings. The number of ether oxygens (including phenoxy) is 2. The number of hydrogen-bond donors (Lipinski definition) is 1. The van der Waals surface area contributed by atoms with Crippen LogP contribution in [0.5, 0.6) is 11.5 Å². The molecular formula is C29H32FN5O5S. The number of aromatic nitrogens is 1. The van der Waals surface area contributed by atoms with Gasteiger partial charge in [0.15, 0.2) is 11.5 Å². The maximum atomic E-state index is 13.6. The van der Waals surface area contributed by atoms with Gasteiger partial charge in [0.05, 0.1) is 21.3 Å². The second-order valence-electron chi connectivity index (χ2n) is 10.8.